The molecule has 0 aliphatic rings. The Kier molecular flexibility index (Phi) is 0.252. The summed E-state index contributed by atoms with van der Waals surface area (Å²) in [6.45, 7) is -4.57. The highest BCUT2D eigenvalue weighted by Gasteiger charge is 1.34. The van der Waals surface area contributed by atoms with Crippen molar-refractivity contribution in [3.8, 4) is 0 Å². The van der Waals surface area contributed by atoms with Gasteiger partial charge >= 0.3 is 0 Å². The summed E-state index contributed by atoms with van der Waals surface area (Å²) in [6.07, 6.45) is 1.42. The van der Waals surface area contributed by atoms with Crippen LogP contribution in [0.2, 0.25) is 0 Å². The van der Waals surface area contributed by atoms with Crippen LogP contribution in [0.1, 0.15) is 21.9 Å². The van der Waals surface area contributed by atoms with Crippen molar-refractivity contribution in [1.82, 2.24) is 0 Å². The molecule has 0 spiro atoms. The summed E-state index contributed by atoms with van der Waals surface area (Å²) in [5.41, 5.74) is 0. The molecule has 0 fully saturated rings. The molecule has 0 atom stereocenters. The molecule has 0 amide bonds. The molecule has 24 valence electrons. The minimum Gasteiger partial charge on any atom is -0.0919 e. The molecule has 0 radical (unpaired) electrons. The average molecular weight is 62.1 g/mol. The van der Waals surface area contributed by atoms with Crippen molar-refractivity contribution in [3.05, 3.63) is 12.2 Å². The third-order valence-electron chi connectivity index (χ3n) is 0.0833. The Hall–Kier alpha value is -0.260. The van der Waals surface area contributed by atoms with E-state index in [1.54, 1.807) is 0 Å². The second-order valence-corrected chi connectivity index (χ2v) is 0.333. The van der Waals surface area contributed by atoms with E-state index in [9.17, 15) is 0 Å². The van der Waals surface area contributed by atoms with E-state index >= 15 is 0 Å². The zero-order valence-electron chi connectivity index (χ0n) is 8.15. The van der Waals surface area contributed by atoms with Crippen LogP contribution in [0.25, 0.3) is 0 Å². The van der Waals surface area contributed by atoms with Gasteiger partial charge in [-0.15, -0.1) is 0 Å². The Balaban J connectivity index is 4.01. The van der Waals surface area contributed by atoms with Gasteiger partial charge in [0, 0.05) is 8.22 Å². The minimum atomic E-state index is -2.28. The van der Waals surface area contributed by atoms with Crippen LogP contribution >= 0.6 is 0 Å². The number of hydrogen-bond donors (Lipinski definition) is 0. The Morgan fingerprint density at radius 1 is 1.50 bits per heavy atom. The highest BCUT2D eigenvalue weighted by atomic mass is 13.4. The van der Waals surface area contributed by atoms with Crippen LogP contribution in [0, 0.1) is 0 Å². The maximum atomic E-state index is 6.61. The zero-order chi connectivity index (χ0) is 8.41. The lowest BCUT2D eigenvalue weighted by Crippen LogP contribution is -1.26. The molecule has 0 nitrogen and oxygen atoms in total. The zero-order valence-corrected chi connectivity index (χ0v) is 2.15. The molecule has 0 aliphatic heterocycles. The van der Waals surface area contributed by atoms with Gasteiger partial charge in [0.1, 0.15) is 0 Å². The third-order valence-corrected chi connectivity index (χ3v) is 0.0833. The van der Waals surface area contributed by atoms with Gasteiger partial charge in [0.05, 0.1) is 0 Å². The van der Waals surface area contributed by atoms with Gasteiger partial charge in [0.25, 0.3) is 0 Å². The fourth-order valence-corrected chi connectivity index (χ4v) is 0. The molecule has 0 N–H and O–H groups in total. The van der Waals surface area contributed by atoms with E-state index < -0.39 is 13.7 Å². The van der Waals surface area contributed by atoms with Gasteiger partial charge in [-0.2, -0.15) is 0 Å². The van der Waals surface area contributed by atoms with Crippen molar-refractivity contribution in [1.29, 1.82) is 0 Å². The van der Waals surface area contributed by atoms with Crippen molar-refractivity contribution in [2.45, 2.75) is 13.7 Å². The molecule has 0 saturated carbocycles. The quantitative estimate of drug-likeness (QED) is 0.374. The highest BCUT2D eigenvalue weighted by molar-refractivity contribution is 4.68. The van der Waals surface area contributed by atoms with Gasteiger partial charge in [-0.25, -0.2) is 0 Å². The standard InChI is InChI=1S/C4H8/c1-3-4-2/h3-4H,1-2H3/b4-3+/i1D3,2D3. The summed E-state index contributed by atoms with van der Waals surface area (Å²) in [7, 11) is 0. The van der Waals surface area contributed by atoms with Gasteiger partial charge in [-0.3, -0.25) is 0 Å². The Morgan fingerprint density at radius 2 is 2.00 bits per heavy atom. The normalized spacial score (nSPS) is 38.0. The Bertz CT molecular complexity index is 110. The van der Waals surface area contributed by atoms with E-state index in [0.29, 0.717) is 12.2 Å². The first kappa shape index (κ1) is 0.368. The minimum absolute atomic E-state index is 0.708. The topological polar surface area (TPSA) is 0 Å². The molecule has 0 aromatic heterocycles. The smallest absolute Gasteiger partial charge is 0.0273 e. The molecule has 0 saturated heterocycles. The summed E-state index contributed by atoms with van der Waals surface area (Å²) in [5, 5.41) is 0. The average Bonchev–Trinajstić information content (AvgIpc) is 1.57. The first-order chi connectivity index (χ1) is 4.21. The van der Waals surface area contributed by atoms with E-state index in [2.05, 4.69) is 0 Å². The fourth-order valence-electron chi connectivity index (χ4n) is 0. The lowest BCUT2D eigenvalue weighted by Gasteiger charge is -1.49. The maximum Gasteiger partial charge on any atom is 0.0273 e. The third kappa shape index (κ3) is 1.74. The van der Waals surface area contributed by atoms with Crippen molar-refractivity contribution in [2.24, 2.45) is 0 Å². The molecular formula is C4H8. The van der Waals surface area contributed by atoms with E-state index in [0.717, 1.165) is 0 Å². The SMILES string of the molecule is [2H]C([2H])([2H])/C=C/C([2H])([2H])[2H]. The monoisotopic (exact) mass is 62.1 g/mol. The lowest BCUT2D eigenvalue weighted by atomic mass is 10.6. The van der Waals surface area contributed by atoms with Crippen molar-refractivity contribution >= 4 is 0 Å². The number of allylic oxidation sites excluding steroid dienone is 2. The molecule has 0 rings (SSSR count). The molecule has 0 aromatic carbocycles. The van der Waals surface area contributed by atoms with Crippen LogP contribution in [-0.4, -0.2) is 0 Å². The molecule has 0 heterocycles. The second-order valence-electron chi connectivity index (χ2n) is 0.333. The summed E-state index contributed by atoms with van der Waals surface area (Å²) in [4.78, 5) is 0. The van der Waals surface area contributed by atoms with Crippen LogP contribution in [0.4, 0.5) is 0 Å². The van der Waals surface area contributed by atoms with Gasteiger partial charge in [-0.05, 0) is 13.7 Å². The van der Waals surface area contributed by atoms with Crippen LogP contribution in [-0.2, 0) is 0 Å². The predicted octanol–water partition coefficient (Wildman–Crippen LogP) is 1.58. The van der Waals surface area contributed by atoms with Crippen LogP contribution in [0.3, 0.4) is 0 Å². The van der Waals surface area contributed by atoms with Gasteiger partial charge in [0.15, 0.2) is 0 Å². The molecule has 4 heavy (non-hydrogen) atoms. The van der Waals surface area contributed by atoms with Crippen molar-refractivity contribution in [2.75, 3.05) is 0 Å². The number of hydrogen-bond acceptors (Lipinski definition) is 0. The van der Waals surface area contributed by atoms with E-state index in [1.807, 2.05) is 0 Å². The van der Waals surface area contributed by atoms with Crippen molar-refractivity contribution < 1.29 is 8.22 Å². The molecule has 0 aromatic rings. The Labute approximate surface area is 35.6 Å². The Morgan fingerprint density at radius 3 is 2.25 bits per heavy atom. The molecule has 0 heteroatoms. The highest BCUT2D eigenvalue weighted by Crippen LogP contribution is 1.57. The van der Waals surface area contributed by atoms with E-state index in [-0.39, 0.29) is 0 Å². The first-order valence-corrected chi connectivity index (χ1v) is 0.911. The van der Waals surface area contributed by atoms with Gasteiger partial charge in [-0.1, -0.05) is 12.2 Å². The predicted molar refractivity (Wildman–Crippen MR) is 20.5 cm³/mol. The molecular weight excluding hydrogens is 48.0 g/mol. The van der Waals surface area contributed by atoms with Gasteiger partial charge < -0.3 is 0 Å². The number of rotatable bonds is 0. The summed E-state index contributed by atoms with van der Waals surface area (Å²) < 4.78 is 39.6. The van der Waals surface area contributed by atoms with Crippen LogP contribution in [0.15, 0.2) is 12.2 Å². The molecule has 0 aliphatic carbocycles. The lowest BCUT2D eigenvalue weighted by molar-refractivity contribution is 1.64. The maximum absolute atomic E-state index is 6.61. The molecule has 0 bridgehead atoms. The fraction of sp³-hybridized carbons (Fsp3) is 0.500. The van der Waals surface area contributed by atoms with Crippen LogP contribution in [0.5, 0.6) is 0 Å². The van der Waals surface area contributed by atoms with Crippen LogP contribution < -0.4 is 0 Å². The van der Waals surface area contributed by atoms with Crippen molar-refractivity contribution in [3.63, 3.8) is 0 Å². The van der Waals surface area contributed by atoms with Gasteiger partial charge in [0.2, 0.25) is 0 Å². The van der Waals surface area contributed by atoms with E-state index in [1.165, 1.54) is 0 Å². The summed E-state index contributed by atoms with van der Waals surface area (Å²) >= 11 is 0. The summed E-state index contributed by atoms with van der Waals surface area (Å²) in [5.74, 6) is 0. The summed E-state index contributed by atoms with van der Waals surface area (Å²) in [6, 6.07) is 0. The molecule has 0 unspecified atom stereocenters. The largest absolute Gasteiger partial charge is 0.0919 e. The van der Waals surface area contributed by atoms with E-state index in [4.69, 9.17) is 8.22 Å². The first-order valence-electron chi connectivity index (χ1n) is 3.91. The second kappa shape index (κ2) is 2.74.